The highest BCUT2D eigenvalue weighted by Crippen LogP contribution is 2.22. The molecule has 1 atom stereocenters. The van der Waals surface area contributed by atoms with Crippen molar-refractivity contribution in [3.05, 3.63) is 69.1 Å². The minimum atomic E-state index is -0.231. The van der Waals surface area contributed by atoms with Crippen LogP contribution >= 0.6 is 12.4 Å². The van der Waals surface area contributed by atoms with Crippen molar-refractivity contribution in [1.82, 2.24) is 15.2 Å². The third-order valence-corrected chi connectivity index (χ3v) is 5.94. The van der Waals surface area contributed by atoms with Gasteiger partial charge in [0.25, 0.3) is 11.5 Å². The lowest BCUT2D eigenvalue weighted by molar-refractivity contribution is 0.0930. The number of nitrogens with zero attached hydrogens (tertiary/aromatic N) is 1. The van der Waals surface area contributed by atoms with Crippen LogP contribution in [0.3, 0.4) is 0 Å². The molecule has 2 aliphatic rings. The van der Waals surface area contributed by atoms with Crippen LogP contribution in [0.15, 0.2) is 41.3 Å². The van der Waals surface area contributed by atoms with E-state index < -0.39 is 0 Å². The number of halogens is 1. The highest BCUT2D eigenvalue weighted by Gasteiger charge is 2.25. The smallest absolute Gasteiger partial charge is 0.263 e. The Labute approximate surface area is 171 Å². The summed E-state index contributed by atoms with van der Waals surface area (Å²) in [5.74, 6) is -0.231. The number of pyridine rings is 1. The lowest BCUT2D eigenvalue weighted by atomic mass is 9.88. The number of aromatic nitrogens is 1. The summed E-state index contributed by atoms with van der Waals surface area (Å²) >= 11 is 0. The average molecular weight is 402 g/mol. The van der Waals surface area contributed by atoms with Gasteiger partial charge < -0.3 is 15.2 Å². The van der Waals surface area contributed by atoms with Gasteiger partial charge in [-0.05, 0) is 74.9 Å². The molecular weight excluding hydrogens is 374 g/mol. The summed E-state index contributed by atoms with van der Waals surface area (Å²) < 4.78 is 1.76. The third-order valence-electron chi connectivity index (χ3n) is 5.94. The molecule has 1 saturated heterocycles. The molecule has 1 aromatic carbocycles. The van der Waals surface area contributed by atoms with Gasteiger partial charge in [0.2, 0.25) is 0 Å². The van der Waals surface area contributed by atoms with Crippen LogP contribution in [0.2, 0.25) is 0 Å². The van der Waals surface area contributed by atoms with E-state index in [1.54, 1.807) is 4.57 Å². The van der Waals surface area contributed by atoms with E-state index in [1.165, 1.54) is 11.1 Å². The lowest BCUT2D eigenvalue weighted by Crippen LogP contribution is -2.43. The quantitative estimate of drug-likeness (QED) is 0.831. The number of aryl methyl sites for hydroxylation is 2. The second-order valence-corrected chi connectivity index (χ2v) is 7.75. The van der Waals surface area contributed by atoms with Gasteiger partial charge in [-0.25, -0.2) is 0 Å². The number of carbonyl (C=O) groups is 1. The second-order valence-electron chi connectivity index (χ2n) is 7.75. The molecule has 0 saturated carbocycles. The van der Waals surface area contributed by atoms with E-state index >= 15 is 0 Å². The van der Waals surface area contributed by atoms with E-state index in [4.69, 9.17) is 0 Å². The molecule has 1 amide bonds. The molecule has 0 spiro atoms. The van der Waals surface area contributed by atoms with Crippen LogP contribution < -0.4 is 16.2 Å². The van der Waals surface area contributed by atoms with Gasteiger partial charge in [0.05, 0.1) is 0 Å². The molecule has 2 N–H and O–H groups in total. The van der Waals surface area contributed by atoms with Gasteiger partial charge in [0.1, 0.15) is 5.56 Å². The highest BCUT2D eigenvalue weighted by atomic mass is 35.5. The van der Waals surface area contributed by atoms with E-state index in [2.05, 4.69) is 28.8 Å². The van der Waals surface area contributed by atoms with Crippen molar-refractivity contribution in [1.29, 1.82) is 0 Å². The normalized spacial score (nSPS) is 19.4. The molecule has 1 aromatic heterocycles. The van der Waals surface area contributed by atoms with Crippen LogP contribution in [0.1, 0.15) is 52.4 Å². The van der Waals surface area contributed by atoms with Gasteiger partial charge >= 0.3 is 0 Å². The third kappa shape index (κ3) is 4.15. The van der Waals surface area contributed by atoms with E-state index in [1.807, 2.05) is 25.3 Å². The second kappa shape index (κ2) is 8.93. The first kappa shape index (κ1) is 20.6. The van der Waals surface area contributed by atoms with Crippen molar-refractivity contribution >= 4 is 18.3 Å². The van der Waals surface area contributed by atoms with E-state index in [-0.39, 0.29) is 36.0 Å². The van der Waals surface area contributed by atoms with Gasteiger partial charge in [-0.1, -0.05) is 24.3 Å². The predicted molar refractivity (Wildman–Crippen MR) is 114 cm³/mol. The molecule has 1 aliphatic heterocycles. The number of hydrogen-bond acceptors (Lipinski definition) is 3. The Morgan fingerprint density at radius 3 is 2.57 bits per heavy atom. The zero-order valence-corrected chi connectivity index (χ0v) is 17.1. The molecule has 2 aromatic rings. The molecule has 0 bridgehead atoms. The Morgan fingerprint density at radius 2 is 1.82 bits per heavy atom. The van der Waals surface area contributed by atoms with Gasteiger partial charge in [-0.3, -0.25) is 9.59 Å². The molecule has 2 heterocycles. The van der Waals surface area contributed by atoms with Gasteiger partial charge in [-0.2, -0.15) is 0 Å². The molecule has 28 heavy (non-hydrogen) atoms. The van der Waals surface area contributed by atoms with Crippen LogP contribution in [0, 0.1) is 6.92 Å². The molecule has 5 nitrogen and oxygen atoms in total. The van der Waals surface area contributed by atoms with Gasteiger partial charge in [-0.15, -0.1) is 12.4 Å². The van der Waals surface area contributed by atoms with Crippen molar-refractivity contribution in [2.75, 3.05) is 13.1 Å². The van der Waals surface area contributed by atoms with Crippen molar-refractivity contribution < 1.29 is 4.79 Å². The number of carbonyl (C=O) groups excluding carboxylic acids is 1. The summed E-state index contributed by atoms with van der Waals surface area (Å²) in [6.45, 7) is 3.67. The fourth-order valence-corrected chi connectivity index (χ4v) is 4.37. The molecule has 6 heteroatoms. The summed E-state index contributed by atoms with van der Waals surface area (Å²) in [5.41, 5.74) is 3.56. The monoisotopic (exact) mass is 401 g/mol. The van der Waals surface area contributed by atoms with Gasteiger partial charge in [0.15, 0.2) is 0 Å². The summed E-state index contributed by atoms with van der Waals surface area (Å²) in [6.07, 6.45) is 6.40. The number of nitrogens with one attached hydrogen (secondary N) is 2. The molecule has 4 rings (SSSR count). The fraction of sp³-hybridized carbons (Fsp3) is 0.455. The first-order valence-corrected chi connectivity index (χ1v) is 9.93. The largest absolute Gasteiger partial charge is 0.349 e. The topological polar surface area (TPSA) is 63.1 Å². The number of amides is 1. The van der Waals surface area contributed by atoms with Crippen molar-refractivity contribution in [3.8, 4) is 0 Å². The maximum Gasteiger partial charge on any atom is 0.263 e. The fourth-order valence-electron chi connectivity index (χ4n) is 4.37. The number of benzene rings is 1. The van der Waals surface area contributed by atoms with E-state index in [0.29, 0.717) is 5.56 Å². The maximum absolute atomic E-state index is 13.1. The Kier molecular flexibility index (Phi) is 6.57. The highest BCUT2D eigenvalue weighted by molar-refractivity contribution is 5.95. The Hall–Kier alpha value is -2.11. The van der Waals surface area contributed by atoms with Crippen LogP contribution in [0.25, 0.3) is 0 Å². The number of hydrogen-bond donors (Lipinski definition) is 2. The lowest BCUT2D eigenvalue weighted by Gasteiger charge is -2.27. The van der Waals surface area contributed by atoms with Crippen LogP contribution in [-0.4, -0.2) is 29.6 Å². The van der Waals surface area contributed by atoms with Crippen molar-refractivity contribution in [2.24, 2.45) is 0 Å². The van der Waals surface area contributed by atoms with Crippen LogP contribution in [0.4, 0.5) is 0 Å². The number of piperidine rings is 1. The van der Waals surface area contributed by atoms with E-state index in [9.17, 15) is 9.59 Å². The van der Waals surface area contributed by atoms with Gasteiger partial charge in [0, 0.05) is 18.3 Å². The first-order chi connectivity index (χ1) is 13.1. The molecule has 1 fully saturated rings. The summed E-state index contributed by atoms with van der Waals surface area (Å²) in [5, 5.41) is 6.44. The summed E-state index contributed by atoms with van der Waals surface area (Å²) in [4.78, 5) is 26.0. The summed E-state index contributed by atoms with van der Waals surface area (Å²) in [6, 6.07) is 10.6. The Bertz CT molecular complexity index is 903. The average Bonchev–Trinajstić information content (AvgIpc) is 2.68. The summed E-state index contributed by atoms with van der Waals surface area (Å²) in [7, 11) is 0. The maximum atomic E-state index is 13.1. The van der Waals surface area contributed by atoms with Crippen molar-refractivity contribution in [2.45, 2.75) is 51.1 Å². The van der Waals surface area contributed by atoms with E-state index in [0.717, 1.165) is 50.8 Å². The van der Waals surface area contributed by atoms with Crippen LogP contribution in [-0.2, 0) is 12.8 Å². The molecule has 150 valence electrons. The molecule has 1 unspecified atom stereocenters. The minimum Gasteiger partial charge on any atom is -0.349 e. The molecule has 1 aliphatic carbocycles. The minimum absolute atomic E-state index is 0. The number of rotatable bonds is 3. The zero-order chi connectivity index (χ0) is 18.8. The Morgan fingerprint density at radius 1 is 1.11 bits per heavy atom. The molecular formula is C22H28ClN3O2. The predicted octanol–water partition coefficient (Wildman–Crippen LogP) is 2.79. The molecule has 0 radical (unpaired) electrons. The zero-order valence-electron chi connectivity index (χ0n) is 16.2. The van der Waals surface area contributed by atoms with Crippen molar-refractivity contribution in [3.63, 3.8) is 0 Å². The van der Waals surface area contributed by atoms with Crippen LogP contribution in [0.5, 0.6) is 0 Å². The Balaban J connectivity index is 0.00000225. The SMILES string of the molecule is Cc1ccn(C2CCNCC2)c(=O)c1C(=O)NC1CCc2ccccc2C1.Cl. The first-order valence-electron chi connectivity index (χ1n) is 9.93. The number of fused-ring (bicyclic) bond motifs is 1. The standard InChI is InChI=1S/C22H27N3O2.ClH/c1-15-10-13-25(19-8-11-23-12-9-19)22(27)20(15)21(26)24-18-7-6-16-4-2-3-5-17(16)14-18;/h2-5,10,13,18-19,23H,6-9,11-12,14H2,1H3,(H,24,26);1H.